The standard InChI is InChI=1S/C20H20FNO4/c1-13(2)25-17-5-3-4-15(10-17)18(21)12-24-16-8-6-14(7-9-16)19-11-20(23)22-26-19/h3-11,13,18H,12H2,1-2H3,(H,22,23). The summed E-state index contributed by atoms with van der Waals surface area (Å²) in [6.07, 6.45) is -1.24. The number of hydrogen-bond donors (Lipinski definition) is 1. The molecule has 0 fully saturated rings. The van der Waals surface area contributed by atoms with Crippen LogP contribution in [0, 0.1) is 0 Å². The second-order valence-electron chi connectivity index (χ2n) is 6.09. The van der Waals surface area contributed by atoms with Crippen molar-refractivity contribution in [2.45, 2.75) is 26.1 Å². The van der Waals surface area contributed by atoms with Gasteiger partial charge in [-0.2, -0.15) is 0 Å². The highest BCUT2D eigenvalue weighted by atomic mass is 19.1. The Bertz CT molecular complexity index is 845. The molecule has 1 heterocycles. The maximum atomic E-state index is 14.5. The van der Waals surface area contributed by atoms with Crippen LogP contribution >= 0.6 is 0 Å². The van der Waals surface area contributed by atoms with E-state index in [1.807, 2.05) is 13.8 Å². The summed E-state index contributed by atoms with van der Waals surface area (Å²) in [6.45, 7) is 3.74. The number of hydrogen-bond acceptors (Lipinski definition) is 5. The molecule has 0 aliphatic rings. The maximum absolute atomic E-state index is 14.5. The minimum atomic E-state index is -1.27. The number of ether oxygens (including phenoxy) is 2. The summed E-state index contributed by atoms with van der Waals surface area (Å²) >= 11 is 0. The Balaban J connectivity index is 1.60. The van der Waals surface area contributed by atoms with Crippen molar-refractivity contribution in [3.8, 4) is 28.7 Å². The molecule has 6 heteroatoms. The molecule has 1 atom stereocenters. The number of alkyl halides is 1. The van der Waals surface area contributed by atoms with E-state index >= 15 is 0 Å². The average Bonchev–Trinajstić information content (AvgIpc) is 3.06. The van der Waals surface area contributed by atoms with Crippen molar-refractivity contribution in [1.29, 1.82) is 0 Å². The predicted octanol–water partition coefficient (Wildman–Crippen LogP) is 4.92. The molecular weight excluding hydrogens is 337 g/mol. The van der Waals surface area contributed by atoms with Crippen LogP contribution in [0.2, 0.25) is 0 Å². The van der Waals surface area contributed by atoms with Crippen molar-refractivity contribution in [2.75, 3.05) is 6.61 Å². The zero-order chi connectivity index (χ0) is 18.5. The molecule has 0 amide bonds. The molecule has 136 valence electrons. The van der Waals surface area contributed by atoms with Gasteiger partial charge in [0.25, 0.3) is 5.88 Å². The third-order valence-electron chi connectivity index (χ3n) is 3.62. The first kappa shape index (κ1) is 17.8. The minimum absolute atomic E-state index is 0.0318. The van der Waals surface area contributed by atoms with E-state index in [0.29, 0.717) is 22.8 Å². The van der Waals surface area contributed by atoms with Gasteiger partial charge in [0.2, 0.25) is 0 Å². The number of rotatable bonds is 7. The third-order valence-corrected chi connectivity index (χ3v) is 3.62. The van der Waals surface area contributed by atoms with E-state index < -0.39 is 6.17 Å². The first-order chi connectivity index (χ1) is 12.5. The van der Waals surface area contributed by atoms with E-state index in [4.69, 9.17) is 14.0 Å². The van der Waals surface area contributed by atoms with Crippen LogP contribution in [0.15, 0.2) is 59.1 Å². The highest BCUT2D eigenvalue weighted by Crippen LogP contribution is 2.27. The predicted molar refractivity (Wildman–Crippen MR) is 95.2 cm³/mol. The van der Waals surface area contributed by atoms with Crippen LogP contribution in [0.3, 0.4) is 0 Å². The Kier molecular flexibility index (Phi) is 5.41. The second-order valence-corrected chi connectivity index (χ2v) is 6.09. The molecule has 0 aliphatic heterocycles. The van der Waals surface area contributed by atoms with E-state index in [1.165, 1.54) is 6.07 Å². The fraction of sp³-hybridized carbons (Fsp3) is 0.250. The summed E-state index contributed by atoms with van der Waals surface area (Å²) in [5.74, 6) is 1.44. The van der Waals surface area contributed by atoms with Crippen molar-refractivity contribution >= 4 is 0 Å². The smallest absolute Gasteiger partial charge is 0.252 e. The average molecular weight is 357 g/mol. The van der Waals surface area contributed by atoms with Crippen LogP contribution < -0.4 is 9.47 Å². The Labute approximate surface area is 151 Å². The lowest BCUT2D eigenvalue weighted by molar-refractivity contribution is 0.196. The number of halogens is 1. The third kappa shape index (κ3) is 4.53. The summed E-state index contributed by atoms with van der Waals surface area (Å²) in [4.78, 5) is 0. The number of benzene rings is 2. The zero-order valence-corrected chi connectivity index (χ0v) is 14.6. The van der Waals surface area contributed by atoms with E-state index in [-0.39, 0.29) is 18.6 Å². The molecule has 0 saturated carbocycles. The molecule has 1 aromatic heterocycles. The molecule has 3 aromatic rings. The summed E-state index contributed by atoms with van der Waals surface area (Å²) in [7, 11) is 0. The Morgan fingerprint density at radius 3 is 2.50 bits per heavy atom. The van der Waals surface area contributed by atoms with Crippen LogP contribution in [0.1, 0.15) is 25.6 Å². The number of aromatic hydroxyl groups is 1. The largest absolute Gasteiger partial charge is 0.491 e. The molecule has 0 bridgehead atoms. The quantitative estimate of drug-likeness (QED) is 0.650. The van der Waals surface area contributed by atoms with Gasteiger partial charge in [-0.1, -0.05) is 12.1 Å². The van der Waals surface area contributed by atoms with Crippen LogP contribution in [0.25, 0.3) is 11.3 Å². The SMILES string of the molecule is CC(C)Oc1cccc(C(F)COc2ccc(-c3cc(O)no3)cc2)c1. The second kappa shape index (κ2) is 7.91. The lowest BCUT2D eigenvalue weighted by atomic mass is 10.1. The number of nitrogens with zero attached hydrogens (tertiary/aromatic N) is 1. The molecule has 5 nitrogen and oxygen atoms in total. The highest BCUT2D eigenvalue weighted by molar-refractivity contribution is 5.58. The number of aromatic nitrogens is 1. The van der Waals surface area contributed by atoms with Crippen molar-refractivity contribution in [2.24, 2.45) is 0 Å². The molecule has 3 rings (SSSR count). The highest BCUT2D eigenvalue weighted by Gasteiger charge is 2.13. The molecule has 2 aromatic carbocycles. The zero-order valence-electron chi connectivity index (χ0n) is 14.6. The van der Waals surface area contributed by atoms with E-state index in [9.17, 15) is 9.50 Å². The normalized spacial score (nSPS) is 12.2. The fourth-order valence-electron chi connectivity index (χ4n) is 2.44. The van der Waals surface area contributed by atoms with Crippen LogP contribution in [0.5, 0.6) is 17.4 Å². The summed E-state index contributed by atoms with van der Waals surface area (Å²) in [6, 6.07) is 15.3. The first-order valence-electron chi connectivity index (χ1n) is 8.31. The molecule has 26 heavy (non-hydrogen) atoms. The first-order valence-corrected chi connectivity index (χ1v) is 8.31. The van der Waals surface area contributed by atoms with Crippen molar-refractivity contribution in [1.82, 2.24) is 5.16 Å². The van der Waals surface area contributed by atoms with Crippen molar-refractivity contribution in [3.63, 3.8) is 0 Å². The summed E-state index contributed by atoms with van der Waals surface area (Å²) in [5, 5.41) is 12.6. The minimum Gasteiger partial charge on any atom is -0.491 e. The lowest BCUT2D eigenvalue weighted by Crippen LogP contribution is -2.08. The van der Waals surface area contributed by atoms with Crippen molar-refractivity contribution in [3.05, 3.63) is 60.2 Å². The lowest BCUT2D eigenvalue weighted by Gasteiger charge is -2.14. The van der Waals surface area contributed by atoms with E-state index in [2.05, 4.69) is 5.16 Å². The molecule has 1 N–H and O–H groups in total. The van der Waals surface area contributed by atoms with Gasteiger partial charge in [-0.05, 0) is 61.0 Å². The van der Waals surface area contributed by atoms with Gasteiger partial charge in [0.05, 0.1) is 6.10 Å². The molecule has 0 aliphatic carbocycles. The van der Waals surface area contributed by atoms with Gasteiger partial charge < -0.3 is 19.1 Å². The summed E-state index contributed by atoms with van der Waals surface area (Å²) in [5.41, 5.74) is 1.25. The van der Waals surface area contributed by atoms with Gasteiger partial charge in [-0.25, -0.2) is 4.39 Å². The maximum Gasteiger partial charge on any atom is 0.252 e. The topological polar surface area (TPSA) is 64.7 Å². The molecule has 0 spiro atoms. The van der Waals surface area contributed by atoms with Gasteiger partial charge >= 0.3 is 0 Å². The fourth-order valence-corrected chi connectivity index (χ4v) is 2.44. The molecule has 1 unspecified atom stereocenters. The Morgan fingerprint density at radius 1 is 1.08 bits per heavy atom. The van der Waals surface area contributed by atoms with Gasteiger partial charge in [-0.15, -0.1) is 0 Å². The Morgan fingerprint density at radius 2 is 1.85 bits per heavy atom. The van der Waals surface area contributed by atoms with E-state index in [1.54, 1.807) is 48.5 Å². The summed E-state index contributed by atoms with van der Waals surface area (Å²) < 4.78 is 30.5. The van der Waals surface area contributed by atoms with Gasteiger partial charge in [0.1, 0.15) is 18.1 Å². The van der Waals surface area contributed by atoms with Gasteiger partial charge in [0.15, 0.2) is 11.9 Å². The molecule has 0 saturated heterocycles. The van der Waals surface area contributed by atoms with Crippen LogP contribution in [0.4, 0.5) is 4.39 Å². The van der Waals surface area contributed by atoms with Crippen LogP contribution in [-0.4, -0.2) is 23.0 Å². The van der Waals surface area contributed by atoms with Crippen molar-refractivity contribution < 1.29 is 23.5 Å². The van der Waals surface area contributed by atoms with Gasteiger partial charge in [0, 0.05) is 11.6 Å². The molecular formula is C20H20FNO4. The van der Waals surface area contributed by atoms with Gasteiger partial charge in [-0.3, -0.25) is 0 Å². The van der Waals surface area contributed by atoms with E-state index in [0.717, 1.165) is 5.56 Å². The Hall–Kier alpha value is -3.02. The molecule has 0 radical (unpaired) electrons. The monoisotopic (exact) mass is 357 g/mol. The van der Waals surface area contributed by atoms with Crippen LogP contribution in [-0.2, 0) is 0 Å².